The van der Waals surface area contributed by atoms with E-state index in [9.17, 15) is 14.4 Å². The van der Waals surface area contributed by atoms with Gasteiger partial charge in [-0.3, -0.25) is 24.2 Å². The van der Waals surface area contributed by atoms with Crippen molar-refractivity contribution in [2.75, 3.05) is 18.9 Å². The molecule has 0 aromatic heterocycles. The van der Waals surface area contributed by atoms with E-state index in [1.54, 1.807) is 37.3 Å². The molecule has 1 N–H and O–H groups in total. The van der Waals surface area contributed by atoms with E-state index >= 15 is 0 Å². The molecule has 2 aromatic rings. The van der Waals surface area contributed by atoms with Crippen LogP contribution in [0.2, 0.25) is 10.0 Å². The van der Waals surface area contributed by atoms with Gasteiger partial charge in [-0.25, -0.2) is 0 Å². The summed E-state index contributed by atoms with van der Waals surface area (Å²) < 4.78 is 5.80. The summed E-state index contributed by atoms with van der Waals surface area (Å²) in [5, 5.41) is 3.58. The number of halogens is 2. The second-order valence-corrected chi connectivity index (χ2v) is 7.62. The SMILES string of the molecule is CCN1C(=O)C(C(=O)Nc2ccc(Cl)cc2Oc2ccc(Cl)cc2)C(=O)N(C)C1=S. The fraction of sp³-hybridized carbons (Fsp3) is 0.200. The van der Waals surface area contributed by atoms with Crippen molar-refractivity contribution in [1.82, 2.24) is 9.80 Å². The first kappa shape index (κ1) is 22.0. The first-order chi connectivity index (χ1) is 14.2. The molecule has 1 saturated heterocycles. The first-order valence-corrected chi connectivity index (χ1v) is 10.1. The molecule has 1 atom stereocenters. The van der Waals surface area contributed by atoms with E-state index in [2.05, 4.69) is 5.32 Å². The van der Waals surface area contributed by atoms with Crippen molar-refractivity contribution in [3.63, 3.8) is 0 Å². The van der Waals surface area contributed by atoms with E-state index in [4.69, 9.17) is 40.2 Å². The average Bonchev–Trinajstić information content (AvgIpc) is 2.70. The summed E-state index contributed by atoms with van der Waals surface area (Å²) >= 11 is 17.1. The third kappa shape index (κ3) is 4.40. The van der Waals surface area contributed by atoms with Crippen molar-refractivity contribution >= 4 is 63.9 Å². The Kier molecular flexibility index (Phi) is 6.60. The zero-order valence-electron chi connectivity index (χ0n) is 16.0. The van der Waals surface area contributed by atoms with Gasteiger partial charge in [0.15, 0.2) is 16.8 Å². The van der Waals surface area contributed by atoms with Gasteiger partial charge in [-0.05, 0) is 55.5 Å². The highest BCUT2D eigenvalue weighted by molar-refractivity contribution is 7.80. The van der Waals surface area contributed by atoms with Crippen LogP contribution in [0, 0.1) is 5.92 Å². The predicted molar refractivity (Wildman–Crippen MR) is 118 cm³/mol. The minimum Gasteiger partial charge on any atom is -0.455 e. The zero-order valence-corrected chi connectivity index (χ0v) is 18.3. The third-order valence-electron chi connectivity index (χ3n) is 4.43. The lowest BCUT2D eigenvalue weighted by Gasteiger charge is -2.36. The van der Waals surface area contributed by atoms with Gasteiger partial charge in [-0.1, -0.05) is 23.2 Å². The molecule has 156 valence electrons. The number of carbonyl (C=O) groups is 3. The predicted octanol–water partition coefficient (Wildman–Crippen LogP) is 3.95. The maximum absolute atomic E-state index is 12.9. The molecule has 1 fully saturated rings. The quantitative estimate of drug-likeness (QED) is 0.534. The molecule has 0 aliphatic carbocycles. The number of hydrogen-bond acceptors (Lipinski definition) is 5. The van der Waals surface area contributed by atoms with Crippen LogP contribution in [-0.4, -0.2) is 46.2 Å². The minimum absolute atomic E-state index is 0.0646. The maximum Gasteiger partial charge on any atom is 0.250 e. The Balaban J connectivity index is 1.87. The van der Waals surface area contributed by atoms with E-state index in [0.29, 0.717) is 15.8 Å². The molecule has 0 saturated carbocycles. The lowest BCUT2D eigenvalue weighted by atomic mass is 10.0. The Hall–Kier alpha value is -2.68. The number of nitrogens with one attached hydrogen (secondary N) is 1. The number of nitrogens with zero attached hydrogens (tertiary/aromatic N) is 2. The average molecular weight is 466 g/mol. The number of amides is 3. The highest BCUT2D eigenvalue weighted by Gasteiger charge is 2.46. The second kappa shape index (κ2) is 8.99. The third-order valence-corrected chi connectivity index (χ3v) is 5.41. The molecule has 0 radical (unpaired) electrons. The van der Waals surface area contributed by atoms with Crippen LogP contribution in [0.5, 0.6) is 11.5 Å². The Bertz CT molecular complexity index is 1030. The van der Waals surface area contributed by atoms with Crippen molar-refractivity contribution < 1.29 is 19.1 Å². The molecule has 1 heterocycles. The monoisotopic (exact) mass is 465 g/mol. The number of thiocarbonyl (C=S) groups is 1. The molecule has 0 bridgehead atoms. The van der Waals surface area contributed by atoms with Crippen LogP contribution in [0.25, 0.3) is 0 Å². The van der Waals surface area contributed by atoms with E-state index in [-0.39, 0.29) is 23.1 Å². The van der Waals surface area contributed by atoms with Crippen molar-refractivity contribution in [3.8, 4) is 11.5 Å². The summed E-state index contributed by atoms with van der Waals surface area (Å²) in [7, 11) is 1.43. The maximum atomic E-state index is 12.9. The largest absolute Gasteiger partial charge is 0.455 e. The molecular weight excluding hydrogens is 449 g/mol. The smallest absolute Gasteiger partial charge is 0.250 e. The molecule has 1 unspecified atom stereocenters. The topological polar surface area (TPSA) is 79.0 Å². The second-order valence-electron chi connectivity index (χ2n) is 6.38. The van der Waals surface area contributed by atoms with Crippen LogP contribution in [0.15, 0.2) is 42.5 Å². The summed E-state index contributed by atoms with van der Waals surface area (Å²) in [4.78, 5) is 40.5. The summed E-state index contributed by atoms with van der Waals surface area (Å²) in [5.74, 6) is -3.00. The highest BCUT2D eigenvalue weighted by Crippen LogP contribution is 2.33. The number of ether oxygens (including phenoxy) is 1. The van der Waals surface area contributed by atoms with Gasteiger partial charge in [0, 0.05) is 29.7 Å². The molecule has 3 rings (SSSR count). The molecule has 7 nitrogen and oxygen atoms in total. The van der Waals surface area contributed by atoms with Gasteiger partial charge >= 0.3 is 0 Å². The summed E-state index contributed by atoms with van der Waals surface area (Å²) in [6.45, 7) is 1.95. The van der Waals surface area contributed by atoms with Gasteiger partial charge < -0.3 is 10.1 Å². The summed E-state index contributed by atoms with van der Waals surface area (Å²) in [5.41, 5.74) is 0.249. The highest BCUT2D eigenvalue weighted by atomic mass is 35.5. The fourth-order valence-corrected chi connectivity index (χ4v) is 3.46. The number of benzene rings is 2. The van der Waals surface area contributed by atoms with Gasteiger partial charge in [-0.2, -0.15) is 0 Å². The number of rotatable bonds is 5. The van der Waals surface area contributed by atoms with Gasteiger partial charge in [0.05, 0.1) is 5.69 Å². The lowest BCUT2D eigenvalue weighted by Crippen LogP contribution is -2.60. The van der Waals surface area contributed by atoms with E-state index in [0.717, 1.165) is 4.90 Å². The van der Waals surface area contributed by atoms with Gasteiger partial charge in [0.25, 0.3) is 11.8 Å². The van der Waals surface area contributed by atoms with Crippen molar-refractivity contribution in [3.05, 3.63) is 52.5 Å². The molecule has 10 heteroatoms. The molecule has 0 spiro atoms. The number of carbonyl (C=O) groups excluding carboxylic acids is 3. The molecule has 1 aliphatic rings. The molecule has 1 aliphatic heterocycles. The van der Waals surface area contributed by atoms with E-state index < -0.39 is 23.6 Å². The van der Waals surface area contributed by atoms with Crippen LogP contribution in [0.4, 0.5) is 5.69 Å². The Morgan fingerprint density at radius 3 is 2.37 bits per heavy atom. The molecule has 2 aromatic carbocycles. The lowest BCUT2D eigenvalue weighted by molar-refractivity contribution is -0.149. The van der Waals surface area contributed by atoms with Crippen LogP contribution in [-0.2, 0) is 14.4 Å². The van der Waals surface area contributed by atoms with Crippen molar-refractivity contribution in [1.29, 1.82) is 0 Å². The van der Waals surface area contributed by atoms with Gasteiger partial charge in [0.2, 0.25) is 5.91 Å². The molecular formula is C20H17Cl2N3O4S. The Morgan fingerprint density at radius 2 is 1.73 bits per heavy atom. The number of hydrogen-bond donors (Lipinski definition) is 1. The minimum atomic E-state index is -1.55. The van der Waals surface area contributed by atoms with Crippen LogP contribution in [0.1, 0.15) is 6.92 Å². The van der Waals surface area contributed by atoms with Crippen LogP contribution >= 0.6 is 35.4 Å². The molecule has 3 amide bonds. The number of anilines is 1. The molecule has 30 heavy (non-hydrogen) atoms. The standard InChI is InChI=1S/C20H17Cl2N3O4S/c1-3-25-19(28)16(18(27)24(2)20(25)30)17(26)23-14-9-6-12(22)10-15(14)29-13-7-4-11(21)5-8-13/h4-10,16H,3H2,1-2H3,(H,23,26). The van der Waals surface area contributed by atoms with Gasteiger partial charge in [-0.15, -0.1) is 0 Å². The van der Waals surface area contributed by atoms with Gasteiger partial charge in [0.1, 0.15) is 5.75 Å². The normalized spacial score (nSPS) is 16.7. The Morgan fingerprint density at radius 1 is 1.10 bits per heavy atom. The zero-order chi connectivity index (χ0) is 22.0. The van der Waals surface area contributed by atoms with E-state index in [1.165, 1.54) is 24.1 Å². The van der Waals surface area contributed by atoms with Crippen molar-refractivity contribution in [2.24, 2.45) is 5.92 Å². The Labute approximate surface area is 188 Å². The van der Waals surface area contributed by atoms with Crippen LogP contribution in [0.3, 0.4) is 0 Å². The summed E-state index contributed by atoms with van der Waals surface area (Å²) in [6.07, 6.45) is 0. The fourth-order valence-electron chi connectivity index (χ4n) is 2.86. The van der Waals surface area contributed by atoms with E-state index in [1.807, 2.05) is 0 Å². The van der Waals surface area contributed by atoms with Crippen LogP contribution < -0.4 is 10.1 Å². The first-order valence-electron chi connectivity index (χ1n) is 8.89. The van der Waals surface area contributed by atoms with Crippen molar-refractivity contribution in [2.45, 2.75) is 6.92 Å². The summed E-state index contributed by atoms with van der Waals surface area (Å²) in [6, 6.07) is 11.2.